The van der Waals surface area contributed by atoms with Gasteiger partial charge in [-0.1, -0.05) is 6.07 Å². The van der Waals surface area contributed by atoms with Crippen LogP contribution >= 0.6 is 0 Å². The van der Waals surface area contributed by atoms with Crippen LogP contribution in [0.15, 0.2) is 35.5 Å². The van der Waals surface area contributed by atoms with Crippen molar-refractivity contribution >= 4 is 16.0 Å². The molecule has 0 amide bonds. The number of carboxylic acid groups (broad SMARTS) is 1. The molecule has 0 fully saturated rings. The minimum Gasteiger partial charge on any atom is -0.480 e. The predicted molar refractivity (Wildman–Crippen MR) is 73.5 cm³/mol. The number of aliphatic carboxylic acids is 1. The van der Waals surface area contributed by atoms with Crippen molar-refractivity contribution < 1.29 is 18.3 Å². The molecule has 9 heteroatoms. The number of nitrogens with one attached hydrogen (secondary N) is 1. The first-order valence-corrected chi connectivity index (χ1v) is 7.52. The molecule has 0 spiro atoms. The summed E-state index contributed by atoms with van der Waals surface area (Å²) in [5.74, 6) is -0.781. The van der Waals surface area contributed by atoms with Crippen LogP contribution in [0.2, 0.25) is 0 Å². The Kier molecular flexibility index (Phi) is 4.05. The van der Waals surface area contributed by atoms with Gasteiger partial charge in [-0.25, -0.2) is 18.1 Å². The zero-order valence-electron chi connectivity index (χ0n) is 11.4. The fraction of sp³-hybridized carbons (Fsp3) is 0.250. The number of hydrogen-bond donors (Lipinski definition) is 2. The van der Waals surface area contributed by atoms with Crippen LogP contribution in [-0.4, -0.2) is 40.3 Å². The van der Waals surface area contributed by atoms with Crippen molar-refractivity contribution in [3.63, 3.8) is 0 Å². The third-order valence-electron chi connectivity index (χ3n) is 2.82. The van der Waals surface area contributed by atoms with E-state index in [2.05, 4.69) is 14.8 Å². The molecule has 0 aliphatic heterocycles. The molecule has 0 aromatic carbocycles. The van der Waals surface area contributed by atoms with E-state index in [0.29, 0.717) is 11.5 Å². The summed E-state index contributed by atoms with van der Waals surface area (Å²) >= 11 is 0. The normalized spacial score (nSPS) is 13.0. The smallest absolute Gasteiger partial charge is 0.321 e. The van der Waals surface area contributed by atoms with E-state index in [1.807, 2.05) is 0 Å². The predicted octanol–water partition coefficient (Wildman–Crippen LogP) is 0.327. The molecular formula is C12H14N4O4S. The van der Waals surface area contributed by atoms with Gasteiger partial charge >= 0.3 is 5.97 Å². The molecule has 8 nitrogen and oxygen atoms in total. The van der Waals surface area contributed by atoms with Crippen LogP contribution in [0.5, 0.6) is 0 Å². The van der Waals surface area contributed by atoms with Gasteiger partial charge in [-0.3, -0.25) is 4.79 Å². The molecule has 2 rings (SSSR count). The maximum atomic E-state index is 12.2. The molecule has 0 aliphatic rings. The SMILES string of the molecule is Cc1c(S(=O)(=O)N[C@@H](C)C(=O)O)cnn1-c1ccccn1. The summed E-state index contributed by atoms with van der Waals surface area (Å²) in [4.78, 5) is 14.8. The summed E-state index contributed by atoms with van der Waals surface area (Å²) in [6.07, 6.45) is 2.73. The van der Waals surface area contributed by atoms with Gasteiger partial charge in [0.1, 0.15) is 10.9 Å². The number of nitrogens with zero attached hydrogens (tertiary/aromatic N) is 3. The minimum atomic E-state index is -3.96. The standard InChI is InChI=1S/C12H14N4O4S/c1-8(12(17)18)15-21(19,20)10-7-14-16(9(10)2)11-5-3-4-6-13-11/h3-8,15H,1-2H3,(H,17,18)/t8-/m0/s1. The monoisotopic (exact) mass is 310 g/mol. The molecule has 0 bridgehead atoms. The highest BCUT2D eigenvalue weighted by Gasteiger charge is 2.25. The van der Waals surface area contributed by atoms with Crippen LogP contribution in [0.4, 0.5) is 0 Å². The second-order valence-electron chi connectivity index (χ2n) is 4.38. The molecule has 2 aromatic rings. The van der Waals surface area contributed by atoms with E-state index < -0.39 is 22.0 Å². The highest BCUT2D eigenvalue weighted by Crippen LogP contribution is 2.17. The molecule has 112 valence electrons. The highest BCUT2D eigenvalue weighted by molar-refractivity contribution is 7.89. The lowest BCUT2D eigenvalue weighted by Gasteiger charge is -2.10. The third kappa shape index (κ3) is 3.09. The summed E-state index contributed by atoms with van der Waals surface area (Å²) in [6, 6.07) is 3.94. The fourth-order valence-electron chi connectivity index (χ4n) is 1.72. The number of pyridine rings is 1. The Labute approximate surface area is 121 Å². The Hall–Kier alpha value is -2.26. The molecule has 2 heterocycles. The topological polar surface area (TPSA) is 114 Å². The lowest BCUT2D eigenvalue weighted by molar-refractivity contribution is -0.138. The summed E-state index contributed by atoms with van der Waals surface area (Å²) in [5, 5.41) is 12.8. The van der Waals surface area contributed by atoms with E-state index in [4.69, 9.17) is 5.11 Å². The quantitative estimate of drug-likeness (QED) is 0.822. The molecule has 0 saturated heterocycles. The Morgan fingerprint density at radius 2 is 2.14 bits per heavy atom. The van der Waals surface area contributed by atoms with Crippen molar-refractivity contribution in [2.75, 3.05) is 0 Å². The molecule has 0 saturated carbocycles. The zero-order chi connectivity index (χ0) is 15.6. The first-order chi connectivity index (χ1) is 9.83. The van der Waals surface area contributed by atoms with E-state index in [-0.39, 0.29) is 4.90 Å². The van der Waals surface area contributed by atoms with Gasteiger partial charge in [0.15, 0.2) is 5.82 Å². The van der Waals surface area contributed by atoms with Gasteiger partial charge in [-0.2, -0.15) is 9.82 Å². The van der Waals surface area contributed by atoms with Crippen molar-refractivity contribution in [1.29, 1.82) is 0 Å². The van der Waals surface area contributed by atoms with E-state index in [1.165, 1.54) is 17.8 Å². The average molecular weight is 310 g/mol. The number of carboxylic acids is 1. The van der Waals surface area contributed by atoms with Gasteiger partial charge in [-0.05, 0) is 26.0 Å². The molecule has 0 radical (unpaired) electrons. The van der Waals surface area contributed by atoms with Crippen LogP contribution in [-0.2, 0) is 14.8 Å². The number of aromatic nitrogens is 3. The second-order valence-corrected chi connectivity index (χ2v) is 6.06. The Morgan fingerprint density at radius 3 is 2.71 bits per heavy atom. The molecule has 0 unspecified atom stereocenters. The average Bonchev–Trinajstić information content (AvgIpc) is 2.81. The minimum absolute atomic E-state index is 0.0822. The first kappa shape index (κ1) is 15.1. The fourth-order valence-corrected chi connectivity index (χ4v) is 3.07. The molecule has 0 aliphatic carbocycles. The summed E-state index contributed by atoms with van der Waals surface area (Å²) in [6.45, 7) is 2.82. The molecule has 21 heavy (non-hydrogen) atoms. The Bertz CT molecular complexity index is 755. The third-order valence-corrected chi connectivity index (χ3v) is 4.47. The van der Waals surface area contributed by atoms with E-state index >= 15 is 0 Å². The van der Waals surface area contributed by atoms with Crippen LogP contribution in [0, 0.1) is 6.92 Å². The second kappa shape index (κ2) is 5.62. The van der Waals surface area contributed by atoms with Gasteiger partial charge in [-0.15, -0.1) is 0 Å². The molecule has 1 atom stereocenters. The van der Waals surface area contributed by atoms with Crippen molar-refractivity contribution in [3.8, 4) is 5.82 Å². The van der Waals surface area contributed by atoms with Gasteiger partial charge in [0.25, 0.3) is 0 Å². The van der Waals surface area contributed by atoms with Crippen molar-refractivity contribution in [2.45, 2.75) is 24.8 Å². The highest BCUT2D eigenvalue weighted by atomic mass is 32.2. The van der Waals surface area contributed by atoms with Gasteiger partial charge in [0, 0.05) is 6.20 Å². The summed E-state index contributed by atoms with van der Waals surface area (Å²) in [5.41, 5.74) is 0.346. The van der Waals surface area contributed by atoms with Crippen LogP contribution < -0.4 is 4.72 Å². The lowest BCUT2D eigenvalue weighted by atomic mass is 10.4. The van der Waals surface area contributed by atoms with Gasteiger partial charge < -0.3 is 5.11 Å². The van der Waals surface area contributed by atoms with E-state index in [1.54, 1.807) is 31.3 Å². The van der Waals surface area contributed by atoms with Crippen molar-refractivity contribution in [1.82, 2.24) is 19.5 Å². The first-order valence-electron chi connectivity index (χ1n) is 6.04. The Balaban J connectivity index is 2.39. The lowest BCUT2D eigenvalue weighted by Crippen LogP contribution is -2.38. The number of sulfonamides is 1. The molecule has 2 aromatic heterocycles. The van der Waals surface area contributed by atoms with Gasteiger partial charge in [0.05, 0.1) is 11.9 Å². The summed E-state index contributed by atoms with van der Waals surface area (Å²) in [7, 11) is -3.96. The van der Waals surface area contributed by atoms with Crippen LogP contribution in [0.1, 0.15) is 12.6 Å². The number of carbonyl (C=O) groups is 1. The van der Waals surface area contributed by atoms with E-state index in [0.717, 1.165) is 0 Å². The van der Waals surface area contributed by atoms with Crippen molar-refractivity contribution in [2.24, 2.45) is 0 Å². The van der Waals surface area contributed by atoms with Crippen LogP contribution in [0.25, 0.3) is 5.82 Å². The number of hydrogen-bond acceptors (Lipinski definition) is 5. The van der Waals surface area contributed by atoms with Gasteiger partial charge in [0.2, 0.25) is 10.0 Å². The molecule has 2 N–H and O–H groups in total. The maximum absolute atomic E-state index is 12.2. The Morgan fingerprint density at radius 1 is 1.43 bits per heavy atom. The zero-order valence-corrected chi connectivity index (χ0v) is 12.2. The summed E-state index contributed by atoms with van der Waals surface area (Å²) < 4.78 is 27.8. The maximum Gasteiger partial charge on any atom is 0.321 e. The number of rotatable bonds is 5. The largest absolute Gasteiger partial charge is 0.480 e. The van der Waals surface area contributed by atoms with Crippen LogP contribution in [0.3, 0.4) is 0 Å². The van der Waals surface area contributed by atoms with Crippen molar-refractivity contribution in [3.05, 3.63) is 36.3 Å². The van der Waals surface area contributed by atoms with E-state index in [9.17, 15) is 13.2 Å². The molecular weight excluding hydrogens is 296 g/mol.